The Morgan fingerprint density at radius 3 is 2.33 bits per heavy atom. The van der Waals surface area contributed by atoms with Crippen molar-refractivity contribution in [1.82, 2.24) is 4.57 Å². The van der Waals surface area contributed by atoms with E-state index in [1.54, 1.807) is 7.05 Å². The molecule has 0 unspecified atom stereocenters. The first-order valence-corrected chi connectivity index (χ1v) is 7.57. The normalized spacial score (nSPS) is 10.6. The molecule has 0 N–H and O–H groups in total. The molecule has 0 radical (unpaired) electrons. The van der Waals surface area contributed by atoms with Crippen molar-refractivity contribution in [2.45, 2.75) is 6.61 Å². The number of fused-ring (bicyclic) bond motifs is 1. The lowest BCUT2D eigenvalue weighted by atomic mass is 10.1. The van der Waals surface area contributed by atoms with Crippen LogP contribution in [0.1, 0.15) is 5.56 Å². The minimum absolute atomic E-state index is 0.199. The molecule has 0 fully saturated rings. The van der Waals surface area contributed by atoms with Crippen molar-refractivity contribution in [2.75, 3.05) is 14.2 Å². The van der Waals surface area contributed by atoms with Crippen molar-refractivity contribution in [3.63, 3.8) is 0 Å². The van der Waals surface area contributed by atoms with Crippen molar-refractivity contribution in [2.24, 2.45) is 7.05 Å². The highest BCUT2D eigenvalue weighted by molar-refractivity contribution is 5.88. The van der Waals surface area contributed by atoms with Crippen molar-refractivity contribution >= 4 is 10.9 Å². The van der Waals surface area contributed by atoms with Gasteiger partial charge in [0.05, 0.1) is 19.7 Å². The number of methoxy groups -OCH3 is 2. The van der Waals surface area contributed by atoms with Gasteiger partial charge in [0, 0.05) is 18.5 Å². The highest BCUT2D eigenvalue weighted by Crippen LogP contribution is 2.33. The number of aryl methyl sites for hydroxylation is 1. The summed E-state index contributed by atoms with van der Waals surface area (Å²) in [6.45, 7) is 0.466. The monoisotopic (exact) mass is 325 g/mol. The van der Waals surface area contributed by atoms with E-state index in [4.69, 9.17) is 14.2 Å². The smallest absolute Gasteiger partial charge is 0.297 e. The summed E-state index contributed by atoms with van der Waals surface area (Å²) < 4.78 is 17.9. The van der Waals surface area contributed by atoms with Gasteiger partial charge in [0.25, 0.3) is 5.56 Å². The van der Waals surface area contributed by atoms with Gasteiger partial charge in [-0.05, 0) is 17.7 Å². The maximum absolute atomic E-state index is 12.4. The molecule has 0 aliphatic carbocycles. The van der Waals surface area contributed by atoms with Crippen LogP contribution >= 0.6 is 0 Å². The van der Waals surface area contributed by atoms with Crippen molar-refractivity contribution in [1.29, 1.82) is 0 Å². The summed E-state index contributed by atoms with van der Waals surface area (Å²) in [5, 5.41) is 0.795. The number of ether oxygens (including phenoxy) is 3. The molecule has 0 spiro atoms. The van der Waals surface area contributed by atoms with Gasteiger partial charge in [0.2, 0.25) is 5.75 Å². The third-order valence-electron chi connectivity index (χ3n) is 3.94. The first-order valence-electron chi connectivity index (χ1n) is 7.57. The molecule has 0 atom stereocenters. The van der Waals surface area contributed by atoms with Crippen LogP contribution in [0, 0.1) is 0 Å². The fourth-order valence-corrected chi connectivity index (χ4v) is 2.68. The maximum atomic E-state index is 12.4. The second kappa shape index (κ2) is 6.66. The molecule has 0 aliphatic rings. The van der Waals surface area contributed by atoms with Crippen LogP contribution in [-0.2, 0) is 13.7 Å². The minimum Gasteiger partial charge on any atom is -0.492 e. The second-order valence-corrected chi connectivity index (χ2v) is 5.38. The Kier molecular flexibility index (Phi) is 4.42. The zero-order chi connectivity index (χ0) is 17.1. The second-order valence-electron chi connectivity index (χ2n) is 5.38. The predicted octanol–water partition coefficient (Wildman–Crippen LogP) is 3.13. The van der Waals surface area contributed by atoms with Gasteiger partial charge in [-0.1, -0.05) is 30.3 Å². The molecule has 3 aromatic rings. The van der Waals surface area contributed by atoms with E-state index in [1.807, 2.05) is 48.5 Å². The Hall–Kier alpha value is -2.95. The summed E-state index contributed by atoms with van der Waals surface area (Å²) in [6, 6.07) is 15.5. The molecule has 124 valence electrons. The van der Waals surface area contributed by atoms with Crippen LogP contribution in [0.15, 0.2) is 53.3 Å². The third-order valence-corrected chi connectivity index (χ3v) is 3.94. The molecule has 0 saturated carbocycles. The van der Waals surface area contributed by atoms with E-state index < -0.39 is 0 Å². The highest BCUT2D eigenvalue weighted by Gasteiger charge is 2.17. The molecule has 1 heterocycles. The lowest BCUT2D eigenvalue weighted by Crippen LogP contribution is -2.19. The maximum Gasteiger partial charge on any atom is 0.297 e. The standard InChI is InChI=1S/C19H19NO4/c1-20-16-11-14(24-12-13-7-5-4-6-8-13)9-10-15(16)17(22-2)18(23-3)19(20)21/h4-11H,12H2,1-3H3. The molecule has 5 nitrogen and oxygen atoms in total. The van der Waals surface area contributed by atoms with Gasteiger partial charge in [0.15, 0.2) is 5.75 Å². The molecule has 0 saturated heterocycles. The van der Waals surface area contributed by atoms with E-state index in [0.717, 1.165) is 16.5 Å². The Balaban J connectivity index is 2.02. The summed E-state index contributed by atoms with van der Waals surface area (Å²) in [6.07, 6.45) is 0. The van der Waals surface area contributed by atoms with Crippen molar-refractivity contribution in [3.05, 3.63) is 64.4 Å². The average Bonchev–Trinajstić information content (AvgIpc) is 2.63. The number of rotatable bonds is 5. The number of aromatic nitrogens is 1. The van der Waals surface area contributed by atoms with E-state index in [0.29, 0.717) is 18.1 Å². The molecule has 0 amide bonds. The average molecular weight is 325 g/mol. The van der Waals surface area contributed by atoms with Crippen LogP contribution in [-0.4, -0.2) is 18.8 Å². The Labute approximate surface area is 140 Å². The minimum atomic E-state index is -0.248. The molecule has 0 aliphatic heterocycles. The zero-order valence-electron chi connectivity index (χ0n) is 13.9. The topological polar surface area (TPSA) is 49.7 Å². The van der Waals surface area contributed by atoms with E-state index in [2.05, 4.69) is 0 Å². The lowest BCUT2D eigenvalue weighted by Gasteiger charge is -2.15. The van der Waals surface area contributed by atoms with Crippen LogP contribution < -0.4 is 19.8 Å². The summed E-state index contributed by atoms with van der Waals surface area (Å²) in [5.74, 6) is 1.32. The predicted molar refractivity (Wildman–Crippen MR) is 93.1 cm³/mol. The largest absolute Gasteiger partial charge is 0.492 e. The van der Waals surface area contributed by atoms with Crippen LogP contribution in [0.25, 0.3) is 10.9 Å². The molecule has 1 aromatic heterocycles. The van der Waals surface area contributed by atoms with E-state index in [-0.39, 0.29) is 11.3 Å². The Bertz CT molecular complexity index is 916. The lowest BCUT2D eigenvalue weighted by molar-refractivity contribution is 0.306. The Morgan fingerprint density at radius 1 is 0.958 bits per heavy atom. The molecule has 5 heteroatoms. The quantitative estimate of drug-likeness (QED) is 0.723. The number of nitrogens with zero attached hydrogens (tertiary/aromatic N) is 1. The van der Waals surface area contributed by atoms with Gasteiger partial charge < -0.3 is 18.8 Å². The van der Waals surface area contributed by atoms with E-state index >= 15 is 0 Å². The van der Waals surface area contributed by atoms with Gasteiger partial charge >= 0.3 is 0 Å². The molecular formula is C19H19NO4. The van der Waals surface area contributed by atoms with E-state index in [9.17, 15) is 4.79 Å². The number of hydrogen-bond acceptors (Lipinski definition) is 4. The number of hydrogen-bond donors (Lipinski definition) is 0. The number of benzene rings is 2. The number of pyridine rings is 1. The molecular weight excluding hydrogens is 306 g/mol. The van der Waals surface area contributed by atoms with Crippen LogP contribution in [0.2, 0.25) is 0 Å². The van der Waals surface area contributed by atoms with Crippen LogP contribution in [0.4, 0.5) is 0 Å². The summed E-state index contributed by atoms with van der Waals surface area (Å²) in [7, 11) is 4.69. The van der Waals surface area contributed by atoms with E-state index in [1.165, 1.54) is 18.8 Å². The molecule has 2 aromatic carbocycles. The summed E-state index contributed by atoms with van der Waals surface area (Å²) >= 11 is 0. The van der Waals surface area contributed by atoms with Gasteiger partial charge in [-0.25, -0.2) is 0 Å². The SMILES string of the molecule is COc1c(OC)c2ccc(OCc3ccccc3)cc2n(C)c1=O. The van der Waals surface area contributed by atoms with Gasteiger partial charge in [-0.15, -0.1) is 0 Å². The first-order chi connectivity index (χ1) is 11.7. The molecule has 24 heavy (non-hydrogen) atoms. The Morgan fingerprint density at radius 2 is 1.67 bits per heavy atom. The molecule has 3 rings (SSSR count). The molecule has 0 bridgehead atoms. The zero-order valence-corrected chi connectivity index (χ0v) is 13.9. The first kappa shape index (κ1) is 15.9. The summed E-state index contributed by atoms with van der Waals surface area (Å²) in [5.41, 5.74) is 1.56. The third kappa shape index (κ3) is 2.80. The van der Waals surface area contributed by atoms with Crippen LogP contribution in [0.5, 0.6) is 17.2 Å². The highest BCUT2D eigenvalue weighted by atomic mass is 16.5. The van der Waals surface area contributed by atoms with Gasteiger partial charge in [0.1, 0.15) is 12.4 Å². The van der Waals surface area contributed by atoms with Gasteiger partial charge in [-0.3, -0.25) is 4.79 Å². The summed E-state index contributed by atoms with van der Waals surface area (Å²) in [4.78, 5) is 12.4. The fraction of sp³-hybridized carbons (Fsp3) is 0.211. The van der Waals surface area contributed by atoms with Crippen molar-refractivity contribution < 1.29 is 14.2 Å². The fourth-order valence-electron chi connectivity index (χ4n) is 2.68. The van der Waals surface area contributed by atoms with Crippen LogP contribution in [0.3, 0.4) is 0 Å². The van der Waals surface area contributed by atoms with Gasteiger partial charge in [-0.2, -0.15) is 0 Å². The van der Waals surface area contributed by atoms with Crippen molar-refractivity contribution in [3.8, 4) is 17.2 Å².